The molecule has 2 atom stereocenters. The number of para-hydroxylation sites is 1. The van der Waals surface area contributed by atoms with Crippen LogP contribution in [-0.4, -0.2) is 44.3 Å². The van der Waals surface area contributed by atoms with E-state index in [1.807, 2.05) is 17.5 Å². The van der Waals surface area contributed by atoms with Gasteiger partial charge >= 0.3 is 5.97 Å². The molecule has 0 spiro atoms. The largest absolute Gasteiger partial charge is 0.493 e. The molecule has 0 saturated carbocycles. The molecule has 0 bridgehead atoms. The zero-order valence-corrected chi connectivity index (χ0v) is 21.1. The Morgan fingerprint density at radius 3 is 2.74 bits per heavy atom. The first-order valence-corrected chi connectivity index (χ1v) is 12.2. The topological polar surface area (TPSA) is 96.0 Å². The van der Waals surface area contributed by atoms with Crippen LogP contribution in [0.1, 0.15) is 34.4 Å². The Morgan fingerprint density at radius 1 is 1.17 bits per heavy atom. The normalized spacial score (nSPS) is 17.2. The van der Waals surface area contributed by atoms with E-state index < -0.39 is 12.2 Å². The zero-order chi connectivity index (χ0) is 24.9. The highest BCUT2D eigenvalue weighted by molar-refractivity contribution is 7.09. The Hall–Kier alpha value is -3.14. The number of hydrogen-bond acceptors (Lipinski definition) is 8. The predicted octanol–water partition coefficient (Wildman–Crippen LogP) is 4.59. The molecule has 1 N–H and O–H groups in total. The van der Waals surface area contributed by atoms with Crippen LogP contribution in [0.3, 0.4) is 0 Å². The van der Waals surface area contributed by atoms with Crippen LogP contribution in [0.25, 0.3) is 0 Å². The molecule has 35 heavy (non-hydrogen) atoms. The van der Waals surface area contributed by atoms with Gasteiger partial charge in [0.05, 0.1) is 38.5 Å². The number of methoxy groups -OCH3 is 3. The smallest absolute Gasteiger partial charge is 0.305 e. The van der Waals surface area contributed by atoms with E-state index in [0.29, 0.717) is 39.8 Å². The molecule has 2 heterocycles. The third-order valence-corrected chi connectivity index (χ3v) is 6.79. The van der Waals surface area contributed by atoms with Crippen LogP contribution in [0.5, 0.6) is 11.5 Å². The van der Waals surface area contributed by atoms with Crippen molar-refractivity contribution < 1.29 is 28.5 Å². The van der Waals surface area contributed by atoms with Gasteiger partial charge in [-0.15, -0.1) is 11.3 Å². The Labute approximate surface area is 212 Å². The predicted molar refractivity (Wildman–Crippen MR) is 132 cm³/mol. The molecule has 1 amide bonds. The van der Waals surface area contributed by atoms with E-state index in [-0.39, 0.29) is 24.7 Å². The molecule has 8 nitrogen and oxygen atoms in total. The Morgan fingerprint density at radius 2 is 2.00 bits per heavy atom. The van der Waals surface area contributed by atoms with Crippen molar-refractivity contribution in [1.29, 1.82) is 0 Å². The molecule has 4 rings (SSSR count). The lowest BCUT2D eigenvalue weighted by Crippen LogP contribution is -2.31. The van der Waals surface area contributed by atoms with Gasteiger partial charge in [0.2, 0.25) is 0 Å². The Bertz CT molecular complexity index is 1230. The lowest BCUT2D eigenvalue weighted by atomic mass is 9.98. The van der Waals surface area contributed by atoms with Crippen LogP contribution >= 0.6 is 22.9 Å². The molecule has 0 unspecified atom stereocenters. The summed E-state index contributed by atoms with van der Waals surface area (Å²) < 4.78 is 22.3. The number of halogens is 1. The number of anilines is 1. The van der Waals surface area contributed by atoms with Crippen molar-refractivity contribution in [3.05, 3.63) is 68.6 Å². The number of thiazole rings is 1. The van der Waals surface area contributed by atoms with Gasteiger partial charge in [-0.3, -0.25) is 9.59 Å². The highest BCUT2D eigenvalue weighted by Gasteiger charge is 2.34. The van der Waals surface area contributed by atoms with E-state index in [0.717, 1.165) is 10.7 Å². The van der Waals surface area contributed by atoms with Crippen LogP contribution in [0.15, 0.2) is 41.8 Å². The summed E-state index contributed by atoms with van der Waals surface area (Å²) in [4.78, 5) is 29.2. The summed E-state index contributed by atoms with van der Waals surface area (Å²) >= 11 is 7.74. The summed E-state index contributed by atoms with van der Waals surface area (Å²) in [5.41, 5.74) is 2.78. The van der Waals surface area contributed by atoms with E-state index in [1.54, 1.807) is 38.5 Å². The molecule has 2 aromatic carbocycles. The summed E-state index contributed by atoms with van der Waals surface area (Å²) in [6, 6.07) is 10.8. The number of aromatic nitrogens is 1. The van der Waals surface area contributed by atoms with Gasteiger partial charge < -0.3 is 24.3 Å². The first kappa shape index (κ1) is 25.0. The third kappa shape index (κ3) is 5.58. The highest BCUT2D eigenvalue weighted by atomic mass is 35.5. The van der Waals surface area contributed by atoms with Crippen molar-refractivity contribution in [2.45, 2.75) is 31.5 Å². The molecular formula is C25H25ClN2O6S. The van der Waals surface area contributed by atoms with Gasteiger partial charge in [0.15, 0.2) is 11.5 Å². The maximum absolute atomic E-state index is 13.2. The lowest BCUT2D eigenvalue weighted by molar-refractivity contribution is -0.140. The van der Waals surface area contributed by atoms with Gasteiger partial charge in [-0.05, 0) is 24.3 Å². The van der Waals surface area contributed by atoms with E-state index >= 15 is 0 Å². The third-order valence-electron chi connectivity index (χ3n) is 5.63. The molecule has 1 aliphatic heterocycles. The molecule has 1 aromatic heterocycles. The lowest BCUT2D eigenvalue weighted by Gasteiger charge is -2.24. The quantitative estimate of drug-likeness (QED) is 0.437. The average molecular weight is 517 g/mol. The number of nitrogens with one attached hydrogen (secondary N) is 1. The maximum Gasteiger partial charge on any atom is 0.305 e. The van der Waals surface area contributed by atoms with Crippen LogP contribution < -0.4 is 14.8 Å². The van der Waals surface area contributed by atoms with Crippen molar-refractivity contribution in [2.24, 2.45) is 0 Å². The summed E-state index contributed by atoms with van der Waals surface area (Å²) in [7, 11) is 4.48. The molecule has 0 saturated heterocycles. The number of rotatable bonds is 8. The number of carbonyl (C=O) groups excluding carboxylic acids is 2. The van der Waals surface area contributed by atoms with Crippen LogP contribution in [-0.2, 0) is 31.9 Å². The van der Waals surface area contributed by atoms with Crippen molar-refractivity contribution in [3.8, 4) is 11.5 Å². The van der Waals surface area contributed by atoms with Crippen LogP contribution in [0.4, 0.5) is 5.69 Å². The fourth-order valence-corrected chi connectivity index (χ4v) is 4.97. The van der Waals surface area contributed by atoms with Crippen LogP contribution in [0, 0.1) is 0 Å². The first-order chi connectivity index (χ1) is 16.9. The number of nitrogens with zero attached hydrogens (tertiary/aromatic N) is 1. The summed E-state index contributed by atoms with van der Waals surface area (Å²) in [5, 5.41) is 6.08. The zero-order valence-electron chi connectivity index (χ0n) is 19.5. The minimum Gasteiger partial charge on any atom is -0.493 e. The van der Waals surface area contributed by atoms with Gasteiger partial charge in [-0.25, -0.2) is 4.98 Å². The SMILES string of the molecule is COC(=O)CCc1csc(C[C@H]2O[C@H](c3cccc(OC)c3OC)c3cc(Cl)ccc3NC2=O)n1. The van der Waals surface area contributed by atoms with Gasteiger partial charge in [0.1, 0.15) is 12.2 Å². The van der Waals surface area contributed by atoms with Gasteiger partial charge in [0.25, 0.3) is 5.91 Å². The number of esters is 1. The van der Waals surface area contributed by atoms with Crippen molar-refractivity contribution in [1.82, 2.24) is 4.98 Å². The molecular weight excluding hydrogens is 492 g/mol. The summed E-state index contributed by atoms with van der Waals surface area (Å²) in [5.74, 6) is 0.479. The highest BCUT2D eigenvalue weighted by Crippen LogP contribution is 2.43. The standard InChI is InChI=1S/C25H25ClN2O6S/c1-31-19-6-4-5-16(24(19)33-3)23-17-11-14(26)7-9-18(17)28-25(30)20(34-23)12-21-27-15(13-35-21)8-10-22(29)32-2/h4-7,9,11,13,20,23H,8,10,12H2,1-3H3,(H,28,30)/t20-,23-/m1/s1. The molecule has 184 valence electrons. The molecule has 0 radical (unpaired) electrons. The fourth-order valence-electron chi connectivity index (χ4n) is 3.93. The van der Waals surface area contributed by atoms with Crippen molar-refractivity contribution in [2.75, 3.05) is 26.6 Å². The number of aryl methyl sites for hydroxylation is 1. The van der Waals surface area contributed by atoms with Gasteiger partial charge in [-0.1, -0.05) is 23.7 Å². The molecule has 0 aliphatic carbocycles. The van der Waals surface area contributed by atoms with Gasteiger partial charge in [0, 0.05) is 40.1 Å². The van der Waals surface area contributed by atoms with Crippen molar-refractivity contribution >= 4 is 40.5 Å². The molecule has 1 aliphatic rings. The second-order valence-electron chi connectivity index (χ2n) is 7.82. The minimum absolute atomic E-state index is 0.244. The minimum atomic E-state index is -0.832. The monoisotopic (exact) mass is 516 g/mol. The number of amides is 1. The fraction of sp³-hybridized carbons (Fsp3) is 0.320. The van der Waals surface area contributed by atoms with Crippen LogP contribution in [0.2, 0.25) is 5.02 Å². The number of ether oxygens (including phenoxy) is 4. The van der Waals surface area contributed by atoms with E-state index in [9.17, 15) is 9.59 Å². The van der Waals surface area contributed by atoms with Gasteiger partial charge in [-0.2, -0.15) is 0 Å². The number of carbonyl (C=O) groups is 2. The Balaban J connectivity index is 1.67. The molecule has 0 fully saturated rings. The molecule has 10 heteroatoms. The first-order valence-electron chi connectivity index (χ1n) is 10.9. The summed E-state index contributed by atoms with van der Waals surface area (Å²) in [6.45, 7) is 0. The second-order valence-corrected chi connectivity index (χ2v) is 9.20. The number of benzene rings is 2. The van der Waals surface area contributed by atoms with Crippen molar-refractivity contribution in [3.63, 3.8) is 0 Å². The molecule has 3 aromatic rings. The second kappa shape index (κ2) is 11.1. The number of fused-ring (bicyclic) bond motifs is 1. The number of hydrogen-bond donors (Lipinski definition) is 1. The van der Waals surface area contributed by atoms with E-state index in [4.69, 9.17) is 30.5 Å². The Kier molecular flexibility index (Phi) is 7.90. The summed E-state index contributed by atoms with van der Waals surface area (Å²) in [6.07, 6.45) is -0.514. The average Bonchev–Trinajstić information content (AvgIpc) is 3.27. The van der Waals surface area contributed by atoms with E-state index in [2.05, 4.69) is 10.3 Å². The van der Waals surface area contributed by atoms with E-state index in [1.165, 1.54) is 18.4 Å². The maximum atomic E-state index is 13.2.